The third kappa shape index (κ3) is 2.78. The molecule has 96 valence electrons. The van der Waals surface area contributed by atoms with Crippen LogP contribution in [0, 0.1) is 10.1 Å². The average molecular weight is 239 g/mol. The van der Waals surface area contributed by atoms with E-state index in [4.69, 9.17) is 5.73 Å². The zero-order valence-electron chi connectivity index (χ0n) is 10.5. The summed E-state index contributed by atoms with van der Waals surface area (Å²) in [5.74, 6) is 0. The Kier molecular flexibility index (Phi) is 4.53. The van der Waals surface area contributed by atoms with Gasteiger partial charge in [0.25, 0.3) is 0 Å². The van der Waals surface area contributed by atoms with Crippen LogP contribution in [0.1, 0.15) is 19.8 Å². The van der Waals surface area contributed by atoms with E-state index >= 15 is 0 Å². The van der Waals surface area contributed by atoms with Crippen LogP contribution < -0.4 is 5.73 Å². The van der Waals surface area contributed by atoms with E-state index in [0.717, 1.165) is 5.06 Å². The normalized spacial score (nSPS) is 26.9. The Morgan fingerprint density at radius 2 is 2.24 bits per heavy atom. The molecule has 6 nitrogen and oxygen atoms in total. The molecule has 1 aliphatic carbocycles. The van der Waals surface area contributed by atoms with Crippen LogP contribution in [0.3, 0.4) is 0 Å². The van der Waals surface area contributed by atoms with Crippen molar-refractivity contribution in [3.8, 4) is 0 Å². The van der Waals surface area contributed by atoms with E-state index in [0.29, 0.717) is 12.1 Å². The highest BCUT2D eigenvalue weighted by Crippen LogP contribution is 2.33. The van der Waals surface area contributed by atoms with Crippen molar-refractivity contribution < 1.29 is 0 Å². The summed E-state index contributed by atoms with van der Waals surface area (Å²) in [7, 11) is 3.60. The Morgan fingerprint density at radius 3 is 2.71 bits per heavy atom. The Hall–Kier alpha value is -1.08. The van der Waals surface area contributed by atoms with Gasteiger partial charge in [0.2, 0.25) is 0 Å². The van der Waals surface area contributed by atoms with E-state index in [1.54, 1.807) is 38.1 Å². The van der Waals surface area contributed by atoms with Gasteiger partial charge >= 0.3 is 0 Å². The monoisotopic (exact) mass is 239 g/mol. The summed E-state index contributed by atoms with van der Waals surface area (Å²) in [6, 6.07) is 0. The maximum absolute atomic E-state index is 12.2. The summed E-state index contributed by atoms with van der Waals surface area (Å²) in [6.07, 6.45) is 5.36. The van der Waals surface area contributed by atoms with Crippen LogP contribution in [-0.2, 0) is 0 Å². The fourth-order valence-electron chi connectivity index (χ4n) is 2.00. The molecule has 2 N–H and O–H groups in total. The molecule has 1 rings (SSSR count). The first-order chi connectivity index (χ1) is 7.94. The molecule has 0 saturated heterocycles. The van der Waals surface area contributed by atoms with Gasteiger partial charge in [-0.1, -0.05) is 12.2 Å². The number of hydrogen-bond donors (Lipinski definition) is 1. The topological polar surface area (TPSA) is 85.0 Å². The van der Waals surface area contributed by atoms with Crippen molar-refractivity contribution in [2.24, 2.45) is 10.9 Å². The van der Waals surface area contributed by atoms with E-state index in [2.05, 4.69) is 5.18 Å². The molecule has 17 heavy (non-hydrogen) atoms. The number of nitrogens with zero attached hydrogens (tertiary/aromatic N) is 3. The standard InChI is InChI=1S/C11H19N4O2/c1-9(12)15(17)11(14(2)3)7-5-4-6-10(8-11)13-16/h4-6,9H,7-8,12H2,1-3H3/q-1. The van der Waals surface area contributed by atoms with Crippen molar-refractivity contribution in [3.05, 3.63) is 34.0 Å². The Balaban J connectivity index is 3.11. The van der Waals surface area contributed by atoms with Gasteiger partial charge in [0.05, 0.1) is 11.4 Å². The fraction of sp³-hybridized carbons (Fsp3) is 0.636. The van der Waals surface area contributed by atoms with E-state index in [1.165, 1.54) is 0 Å². The third-order valence-corrected chi connectivity index (χ3v) is 3.06. The van der Waals surface area contributed by atoms with Crippen LogP contribution in [0.15, 0.2) is 29.1 Å². The number of rotatable bonds is 4. The molecular formula is C11H19N4O2-. The van der Waals surface area contributed by atoms with Gasteiger partial charge in [-0.05, 0) is 38.7 Å². The lowest BCUT2D eigenvalue weighted by molar-refractivity contribution is -0.0167. The van der Waals surface area contributed by atoms with Gasteiger partial charge in [-0.2, -0.15) is 0 Å². The van der Waals surface area contributed by atoms with Crippen LogP contribution >= 0.6 is 0 Å². The minimum atomic E-state index is -0.846. The zero-order valence-corrected chi connectivity index (χ0v) is 10.5. The molecule has 0 fully saturated rings. The van der Waals surface area contributed by atoms with Crippen molar-refractivity contribution in [3.63, 3.8) is 0 Å². The lowest BCUT2D eigenvalue weighted by Gasteiger charge is -2.54. The zero-order chi connectivity index (χ0) is 13.1. The Bertz CT molecular complexity index is 338. The molecule has 0 amide bonds. The van der Waals surface area contributed by atoms with E-state index < -0.39 is 11.8 Å². The summed E-state index contributed by atoms with van der Waals surface area (Å²) < 4.78 is 0. The first kappa shape index (κ1) is 14.0. The van der Waals surface area contributed by atoms with Crippen molar-refractivity contribution in [1.82, 2.24) is 9.96 Å². The minimum absolute atomic E-state index is 0.265. The molecule has 0 saturated carbocycles. The molecule has 2 atom stereocenters. The minimum Gasteiger partial charge on any atom is -0.783 e. The molecule has 0 aromatic rings. The predicted octanol–water partition coefficient (Wildman–Crippen LogP) is 1.35. The molecule has 2 unspecified atom stereocenters. The summed E-state index contributed by atoms with van der Waals surface area (Å²) >= 11 is 0. The first-order valence-corrected chi connectivity index (χ1v) is 5.52. The van der Waals surface area contributed by atoms with Gasteiger partial charge in [0.15, 0.2) is 0 Å². The Labute approximate surface area is 101 Å². The maximum atomic E-state index is 12.2. The highest BCUT2D eigenvalue weighted by atomic mass is 16.5. The number of nitrogens with two attached hydrogens (primary N) is 1. The van der Waals surface area contributed by atoms with Crippen molar-refractivity contribution in [2.45, 2.75) is 31.6 Å². The van der Waals surface area contributed by atoms with Crippen LogP contribution in [-0.4, -0.2) is 35.9 Å². The highest BCUT2D eigenvalue weighted by molar-refractivity contribution is 5.20. The van der Waals surface area contributed by atoms with Crippen LogP contribution in [0.2, 0.25) is 0 Å². The lowest BCUT2D eigenvalue weighted by Crippen LogP contribution is -2.60. The van der Waals surface area contributed by atoms with Crippen LogP contribution in [0.25, 0.3) is 0 Å². The van der Waals surface area contributed by atoms with Gasteiger partial charge in [-0.25, -0.2) is 0 Å². The van der Waals surface area contributed by atoms with Crippen molar-refractivity contribution >= 4 is 0 Å². The highest BCUT2D eigenvalue weighted by Gasteiger charge is 2.36. The molecule has 0 spiro atoms. The van der Waals surface area contributed by atoms with Crippen molar-refractivity contribution in [1.29, 1.82) is 0 Å². The van der Waals surface area contributed by atoms with Crippen molar-refractivity contribution in [2.75, 3.05) is 14.1 Å². The summed E-state index contributed by atoms with van der Waals surface area (Å²) in [4.78, 5) is 12.5. The quantitative estimate of drug-likeness (QED) is 0.454. The van der Waals surface area contributed by atoms with Gasteiger partial charge in [-0.15, -0.1) is 4.91 Å². The lowest BCUT2D eigenvalue weighted by atomic mass is 9.98. The van der Waals surface area contributed by atoms with E-state index in [-0.39, 0.29) is 6.42 Å². The molecule has 0 aromatic carbocycles. The van der Waals surface area contributed by atoms with Gasteiger partial charge in [-0.3, -0.25) is 4.90 Å². The molecule has 1 aliphatic rings. The van der Waals surface area contributed by atoms with Crippen LogP contribution in [0.4, 0.5) is 0 Å². The number of hydroxylamine groups is 2. The van der Waals surface area contributed by atoms with Crippen LogP contribution in [0.5, 0.6) is 0 Å². The number of nitroso groups, excluding NO2 is 1. The third-order valence-electron chi connectivity index (χ3n) is 3.06. The molecule has 6 heteroatoms. The second kappa shape index (κ2) is 5.50. The SMILES string of the molecule is CC(N)N([O-])C1(N(C)C)CC=CC=C(N=O)C1. The second-order valence-electron chi connectivity index (χ2n) is 4.50. The number of hydrogen-bond acceptors (Lipinski definition) is 6. The molecule has 0 radical (unpaired) electrons. The van der Waals surface area contributed by atoms with E-state index in [9.17, 15) is 10.1 Å². The summed E-state index contributed by atoms with van der Waals surface area (Å²) in [6.45, 7) is 1.63. The fourth-order valence-corrected chi connectivity index (χ4v) is 2.00. The first-order valence-electron chi connectivity index (χ1n) is 5.52. The summed E-state index contributed by atoms with van der Waals surface area (Å²) in [5.41, 5.74) is 5.17. The number of allylic oxidation sites excluding steroid dienone is 2. The summed E-state index contributed by atoms with van der Waals surface area (Å²) in [5, 5.41) is 16.0. The maximum Gasteiger partial charge on any atom is 0.0880 e. The molecule has 0 aromatic heterocycles. The smallest absolute Gasteiger partial charge is 0.0880 e. The predicted molar refractivity (Wildman–Crippen MR) is 67.5 cm³/mol. The van der Waals surface area contributed by atoms with Gasteiger partial charge in [0, 0.05) is 12.6 Å². The average Bonchev–Trinajstić information content (AvgIpc) is 2.50. The molecule has 0 heterocycles. The van der Waals surface area contributed by atoms with E-state index in [1.807, 2.05) is 6.08 Å². The molecule has 0 aliphatic heterocycles. The second-order valence-corrected chi connectivity index (χ2v) is 4.50. The van der Waals surface area contributed by atoms with Gasteiger partial charge < -0.3 is 16.0 Å². The molecule has 0 bridgehead atoms. The molecular weight excluding hydrogens is 220 g/mol. The van der Waals surface area contributed by atoms with Gasteiger partial charge in [0.1, 0.15) is 0 Å². The largest absolute Gasteiger partial charge is 0.783 e. The Morgan fingerprint density at radius 1 is 1.59 bits per heavy atom.